The summed E-state index contributed by atoms with van der Waals surface area (Å²) in [6.07, 6.45) is 9.75. The lowest BCUT2D eigenvalue weighted by molar-refractivity contribution is 0.0457. The van der Waals surface area contributed by atoms with Crippen LogP contribution in [0.5, 0.6) is 0 Å². The zero-order chi connectivity index (χ0) is 19.0. The summed E-state index contributed by atoms with van der Waals surface area (Å²) in [5.41, 5.74) is 4.74. The molecular formula is C26H31ClN2. The molecule has 0 aromatic heterocycles. The van der Waals surface area contributed by atoms with Gasteiger partial charge in [-0.1, -0.05) is 48.5 Å². The maximum atomic E-state index is 10.6. The van der Waals surface area contributed by atoms with Crippen molar-refractivity contribution in [1.29, 1.82) is 5.26 Å². The smallest absolute Gasteiger partial charge is 0.109 e. The molecule has 0 spiro atoms. The van der Waals surface area contributed by atoms with Crippen molar-refractivity contribution >= 4 is 12.4 Å². The number of nitriles is 1. The number of nitrogens with zero attached hydrogens (tertiary/aromatic N) is 2. The van der Waals surface area contributed by atoms with Crippen LogP contribution in [0.1, 0.15) is 60.8 Å². The highest BCUT2D eigenvalue weighted by Gasteiger charge is 2.41. The molecule has 3 heteroatoms. The van der Waals surface area contributed by atoms with E-state index in [1.54, 1.807) is 0 Å². The lowest BCUT2D eigenvalue weighted by Gasteiger charge is -2.46. The highest BCUT2D eigenvalue weighted by atomic mass is 35.5. The van der Waals surface area contributed by atoms with Gasteiger partial charge in [-0.05, 0) is 79.5 Å². The number of hydrogen-bond donors (Lipinski definition) is 0. The van der Waals surface area contributed by atoms with Gasteiger partial charge in [0.05, 0.1) is 6.07 Å². The van der Waals surface area contributed by atoms with Crippen LogP contribution < -0.4 is 0 Å². The molecule has 2 heterocycles. The first-order valence-corrected chi connectivity index (χ1v) is 11.1. The normalized spacial score (nSPS) is 24.9. The topological polar surface area (TPSA) is 27.0 Å². The van der Waals surface area contributed by atoms with Gasteiger partial charge in [0, 0.05) is 19.1 Å². The minimum atomic E-state index is -0.524. The molecule has 2 bridgehead atoms. The molecule has 0 unspecified atom stereocenters. The predicted octanol–water partition coefficient (Wildman–Crippen LogP) is 5.67. The Bertz CT molecular complexity index is 844. The van der Waals surface area contributed by atoms with Crippen molar-refractivity contribution in [3.63, 3.8) is 0 Å². The van der Waals surface area contributed by atoms with E-state index in [1.165, 1.54) is 54.5 Å². The van der Waals surface area contributed by atoms with E-state index in [1.807, 2.05) is 0 Å². The fourth-order valence-electron chi connectivity index (χ4n) is 6.13. The Kier molecular flexibility index (Phi) is 6.00. The monoisotopic (exact) mass is 406 g/mol. The van der Waals surface area contributed by atoms with Gasteiger partial charge in [-0.15, -0.1) is 12.4 Å². The summed E-state index contributed by atoms with van der Waals surface area (Å²) < 4.78 is 0. The van der Waals surface area contributed by atoms with E-state index >= 15 is 0 Å². The Morgan fingerprint density at radius 3 is 2.00 bits per heavy atom. The van der Waals surface area contributed by atoms with Crippen molar-refractivity contribution < 1.29 is 0 Å². The van der Waals surface area contributed by atoms with Crippen LogP contribution in [0.15, 0.2) is 48.5 Å². The second-order valence-electron chi connectivity index (χ2n) is 9.10. The van der Waals surface area contributed by atoms with Gasteiger partial charge in [-0.2, -0.15) is 5.26 Å². The van der Waals surface area contributed by atoms with Crippen LogP contribution in [0.3, 0.4) is 0 Å². The number of hydrogen-bond acceptors (Lipinski definition) is 2. The van der Waals surface area contributed by atoms with E-state index in [0.717, 1.165) is 44.2 Å². The average Bonchev–Trinajstić information content (AvgIpc) is 2.76. The van der Waals surface area contributed by atoms with Gasteiger partial charge in [0.2, 0.25) is 0 Å². The molecule has 2 aliphatic carbocycles. The molecule has 3 fully saturated rings. The fourth-order valence-corrected chi connectivity index (χ4v) is 6.13. The number of rotatable bonds is 3. The van der Waals surface area contributed by atoms with Crippen LogP contribution in [-0.2, 0) is 18.3 Å². The average molecular weight is 407 g/mol. The number of benzene rings is 2. The summed E-state index contributed by atoms with van der Waals surface area (Å²) in [4.78, 5) is 2.71. The van der Waals surface area contributed by atoms with Gasteiger partial charge in [-0.3, -0.25) is 0 Å². The van der Waals surface area contributed by atoms with Crippen molar-refractivity contribution in [3.05, 3.63) is 70.8 Å². The van der Waals surface area contributed by atoms with Gasteiger partial charge in [0.25, 0.3) is 0 Å². The summed E-state index contributed by atoms with van der Waals surface area (Å²) in [7, 11) is 0. The SMILES string of the molecule is Cl.N#CC1(CCN2CC3CCC2CC3)c2ccccc2CCCc2ccccc21. The van der Waals surface area contributed by atoms with Crippen molar-refractivity contribution in [1.82, 2.24) is 4.90 Å². The summed E-state index contributed by atoms with van der Waals surface area (Å²) in [6.45, 7) is 2.28. The van der Waals surface area contributed by atoms with E-state index < -0.39 is 5.41 Å². The van der Waals surface area contributed by atoms with E-state index in [9.17, 15) is 5.26 Å². The Morgan fingerprint density at radius 1 is 0.897 bits per heavy atom. The molecule has 29 heavy (non-hydrogen) atoms. The first kappa shape index (κ1) is 20.5. The number of fused-ring (bicyclic) bond motifs is 5. The van der Waals surface area contributed by atoms with E-state index in [0.29, 0.717) is 0 Å². The summed E-state index contributed by atoms with van der Waals surface area (Å²) in [5.74, 6) is 0.889. The quantitative estimate of drug-likeness (QED) is 0.656. The molecule has 0 amide bonds. The van der Waals surface area contributed by atoms with Gasteiger partial charge in [0.15, 0.2) is 0 Å². The van der Waals surface area contributed by atoms with Crippen LogP contribution in [0.25, 0.3) is 0 Å². The number of halogens is 1. The fraction of sp³-hybridized carbons (Fsp3) is 0.500. The molecule has 2 saturated heterocycles. The third kappa shape index (κ3) is 3.60. The van der Waals surface area contributed by atoms with E-state index in [2.05, 4.69) is 59.5 Å². The Hall–Kier alpha value is -1.82. The molecule has 1 saturated carbocycles. The molecule has 2 aromatic rings. The van der Waals surface area contributed by atoms with Crippen molar-refractivity contribution in [2.45, 2.75) is 62.8 Å². The van der Waals surface area contributed by atoms with E-state index in [-0.39, 0.29) is 12.4 Å². The molecule has 0 N–H and O–H groups in total. The summed E-state index contributed by atoms with van der Waals surface area (Å²) >= 11 is 0. The minimum absolute atomic E-state index is 0. The molecule has 152 valence electrons. The Labute approximate surface area is 181 Å². The second kappa shape index (κ2) is 8.50. The zero-order valence-corrected chi connectivity index (χ0v) is 18.0. The third-order valence-electron chi connectivity index (χ3n) is 7.64. The van der Waals surface area contributed by atoms with Gasteiger partial charge >= 0.3 is 0 Å². The lowest BCUT2D eigenvalue weighted by Crippen LogP contribution is -2.49. The van der Waals surface area contributed by atoms with Crippen LogP contribution in [0.2, 0.25) is 0 Å². The van der Waals surface area contributed by atoms with Crippen LogP contribution >= 0.6 is 12.4 Å². The molecule has 0 atom stereocenters. The second-order valence-corrected chi connectivity index (χ2v) is 9.10. The largest absolute Gasteiger partial charge is 0.300 e. The molecular weight excluding hydrogens is 376 g/mol. The Morgan fingerprint density at radius 2 is 1.48 bits per heavy atom. The van der Waals surface area contributed by atoms with Crippen molar-refractivity contribution in [2.24, 2.45) is 5.92 Å². The van der Waals surface area contributed by atoms with Crippen molar-refractivity contribution in [3.8, 4) is 6.07 Å². The Balaban J connectivity index is 0.00000205. The van der Waals surface area contributed by atoms with Crippen molar-refractivity contribution in [2.75, 3.05) is 13.1 Å². The van der Waals surface area contributed by atoms with Gasteiger partial charge < -0.3 is 4.90 Å². The van der Waals surface area contributed by atoms with Gasteiger partial charge in [-0.25, -0.2) is 0 Å². The molecule has 6 rings (SSSR count). The van der Waals surface area contributed by atoms with E-state index in [4.69, 9.17) is 0 Å². The first-order chi connectivity index (χ1) is 13.8. The molecule has 2 nitrogen and oxygen atoms in total. The molecule has 0 radical (unpaired) electrons. The molecule has 4 aliphatic rings. The standard InChI is InChI=1S/C26H30N2.ClH/c27-19-26(16-17-28-18-20-12-14-23(28)15-13-20)24-10-3-1-6-21(24)8-5-9-22-7-2-4-11-25(22)26;/h1-4,6-7,10-11,20,23H,5,8-9,12-18H2;1H. The lowest BCUT2D eigenvalue weighted by atomic mass is 9.67. The van der Waals surface area contributed by atoms with Crippen LogP contribution in [-0.4, -0.2) is 24.0 Å². The molecule has 2 aromatic carbocycles. The summed E-state index contributed by atoms with van der Waals surface area (Å²) in [6, 6.07) is 21.1. The summed E-state index contributed by atoms with van der Waals surface area (Å²) in [5, 5.41) is 10.6. The third-order valence-corrected chi connectivity index (χ3v) is 7.64. The van der Waals surface area contributed by atoms with Crippen LogP contribution in [0, 0.1) is 17.2 Å². The minimum Gasteiger partial charge on any atom is -0.300 e. The predicted molar refractivity (Wildman–Crippen MR) is 120 cm³/mol. The maximum Gasteiger partial charge on any atom is 0.109 e. The first-order valence-electron chi connectivity index (χ1n) is 11.1. The zero-order valence-electron chi connectivity index (χ0n) is 17.1. The highest BCUT2D eigenvalue weighted by Crippen LogP contribution is 2.42. The highest BCUT2D eigenvalue weighted by molar-refractivity contribution is 5.85. The number of aryl methyl sites for hydroxylation is 2. The van der Waals surface area contributed by atoms with Gasteiger partial charge in [0.1, 0.15) is 5.41 Å². The molecule has 2 aliphatic heterocycles. The maximum absolute atomic E-state index is 10.6. The number of piperidine rings is 2. The van der Waals surface area contributed by atoms with Crippen LogP contribution in [0.4, 0.5) is 0 Å².